The molecule has 2 N–H and O–H groups in total. The van der Waals surface area contributed by atoms with Crippen molar-refractivity contribution in [3.8, 4) is 5.75 Å². The number of carboxylic acids is 1. The average Bonchev–Trinajstić information content (AvgIpc) is 2.52. The van der Waals surface area contributed by atoms with Gasteiger partial charge in [0.15, 0.2) is 0 Å². The van der Waals surface area contributed by atoms with Crippen molar-refractivity contribution in [2.75, 3.05) is 0 Å². The Balaban J connectivity index is 2.47. The fourth-order valence-corrected chi connectivity index (χ4v) is 2.52. The van der Waals surface area contributed by atoms with Gasteiger partial charge in [0, 0.05) is 0 Å². The summed E-state index contributed by atoms with van der Waals surface area (Å²) >= 11 is 0. The maximum Gasteiger partial charge on any atom is 0.339 e. The van der Waals surface area contributed by atoms with Crippen LogP contribution in [0.2, 0.25) is 0 Å². The van der Waals surface area contributed by atoms with Crippen LogP contribution in [-0.4, -0.2) is 16.2 Å². The Kier molecular flexibility index (Phi) is 8.76. The first-order valence-corrected chi connectivity index (χ1v) is 8.79. The van der Waals surface area contributed by atoms with E-state index in [2.05, 4.69) is 45.9 Å². The van der Waals surface area contributed by atoms with Gasteiger partial charge in [0.2, 0.25) is 0 Å². The van der Waals surface area contributed by atoms with Crippen molar-refractivity contribution < 1.29 is 15.0 Å². The second kappa shape index (κ2) is 10.5. The van der Waals surface area contributed by atoms with E-state index in [0.717, 1.165) is 31.2 Å². The number of allylic oxidation sites excluding steroid dienone is 6. The monoisotopic (exact) mass is 342 g/mol. The Hall–Kier alpha value is -2.29. The molecule has 0 amide bonds. The molecule has 3 nitrogen and oxygen atoms in total. The van der Waals surface area contributed by atoms with Gasteiger partial charge in [-0.25, -0.2) is 4.79 Å². The lowest BCUT2D eigenvalue weighted by Crippen LogP contribution is -1.97. The summed E-state index contributed by atoms with van der Waals surface area (Å²) in [5.74, 6) is -1.28. The molecule has 1 aromatic carbocycles. The molecule has 0 heterocycles. The summed E-state index contributed by atoms with van der Waals surface area (Å²) in [7, 11) is 0. The molecule has 0 aliphatic rings. The lowest BCUT2D eigenvalue weighted by atomic mass is 10.0. The lowest BCUT2D eigenvalue weighted by molar-refractivity contribution is 0.0693. The molecule has 0 aromatic heterocycles. The first kappa shape index (κ1) is 20.8. The van der Waals surface area contributed by atoms with E-state index in [-0.39, 0.29) is 11.3 Å². The minimum Gasteiger partial charge on any atom is -0.507 e. The highest BCUT2D eigenvalue weighted by Gasteiger charge is 2.08. The van der Waals surface area contributed by atoms with E-state index in [1.54, 1.807) is 6.07 Å². The molecule has 0 aliphatic heterocycles. The van der Waals surface area contributed by atoms with Gasteiger partial charge in [0.25, 0.3) is 0 Å². The summed E-state index contributed by atoms with van der Waals surface area (Å²) < 4.78 is 0. The number of hydrogen-bond donors (Lipinski definition) is 2. The number of benzene rings is 1. The maximum absolute atomic E-state index is 10.9. The van der Waals surface area contributed by atoms with Crippen molar-refractivity contribution in [2.45, 2.75) is 59.8 Å². The third-order valence-corrected chi connectivity index (χ3v) is 4.10. The van der Waals surface area contributed by atoms with Crippen molar-refractivity contribution in [3.63, 3.8) is 0 Å². The molecule has 0 fully saturated rings. The summed E-state index contributed by atoms with van der Waals surface area (Å²) in [4.78, 5) is 10.9. The third-order valence-electron chi connectivity index (χ3n) is 4.10. The van der Waals surface area contributed by atoms with Crippen molar-refractivity contribution in [1.29, 1.82) is 0 Å². The lowest BCUT2D eigenvalue weighted by Gasteiger charge is -2.04. The summed E-state index contributed by atoms with van der Waals surface area (Å²) in [6.07, 6.45) is 11.7. The minimum absolute atomic E-state index is 0.0572. The van der Waals surface area contributed by atoms with Crippen LogP contribution in [0.1, 0.15) is 69.3 Å². The Morgan fingerprint density at radius 1 is 0.960 bits per heavy atom. The van der Waals surface area contributed by atoms with Gasteiger partial charge >= 0.3 is 5.97 Å². The van der Waals surface area contributed by atoms with E-state index < -0.39 is 5.97 Å². The molecule has 0 spiro atoms. The van der Waals surface area contributed by atoms with Gasteiger partial charge in [-0.05, 0) is 77.5 Å². The second-order valence-corrected chi connectivity index (χ2v) is 6.82. The van der Waals surface area contributed by atoms with Crippen LogP contribution in [0.4, 0.5) is 0 Å². The van der Waals surface area contributed by atoms with E-state index in [9.17, 15) is 9.90 Å². The first-order valence-electron chi connectivity index (χ1n) is 8.79. The van der Waals surface area contributed by atoms with Crippen molar-refractivity contribution in [1.82, 2.24) is 0 Å². The number of phenols is 1. The quantitative estimate of drug-likeness (QED) is 0.537. The van der Waals surface area contributed by atoms with Gasteiger partial charge in [0.05, 0.1) is 0 Å². The molecule has 3 heteroatoms. The van der Waals surface area contributed by atoms with Gasteiger partial charge in [0.1, 0.15) is 11.3 Å². The number of rotatable bonds is 9. The molecule has 0 atom stereocenters. The van der Waals surface area contributed by atoms with Crippen molar-refractivity contribution in [3.05, 3.63) is 64.3 Å². The summed E-state index contributed by atoms with van der Waals surface area (Å²) in [5.41, 5.74) is 4.96. The molecule has 0 radical (unpaired) electrons. The molecule has 1 aromatic rings. The highest BCUT2D eigenvalue weighted by atomic mass is 16.4. The van der Waals surface area contributed by atoms with Gasteiger partial charge in [-0.1, -0.05) is 41.0 Å². The Bertz CT molecular complexity index is 675. The van der Waals surface area contributed by atoms with Gasteiger partial charge in [-0.3, -0.25) is 0 Å². The largest absolute Gasteiger partial charge is 0.507 e. The van der Waals surface area contributed by atoms with Crippen LogP contribution < -0.4 is 0 Å². The molecule has 0 bridgehead atoms. The molecule has 25 heavy (non-hydrogen) atoms. The summed E-state index contributed by atoms with van der Waals surface area (Å²) in [5, 5.41) is 18.6. The third kappa shape index (κ3) is 8.39. The van der Waals surface area contributed by atoms with Gasteiger partial charge in [-0.15, -0.1) is 0 Å². The predicted octanol–water partition coefficient (Wildman–Crippen LogP) is 6.05. The van der Waals surface area contributed by atoms with Crippen molar-refractivity contribution in [2.24, 2.45) is 0 Å². The molecular formula is C22H30O3. The number of aromatic carboxylic acids is 1. The molecule has 136 valence electrons. The normalized spacial score (nSPS) is 12.2. The molecule has 0 unspecified atom stereocenters. The molecule has 0 saturated carbocycles. The molecular weight excluding hydrogens is 312 g/mol. The zero-order chi connectivity index (χ0) is 18.8. The van der Waals surface area contributed by atoms with E-state index in [4.69, 9.17) is 5.11 Å². The van der Waals surface area contributed by atoms with Crippen LogP contribution in [-0.2, 0) is 6.42 Å². The zero-order valence-corrected chi connectivity index (χ0v) is 15.8. The number of aromatic hydroxyl groups is 1. The number of carboxylic acid groups (broad SMARTS) is 1. The molecule has 0 saturated heterocycles. The van der Waals surface area contributed by atoms with Gasteiger partial charge in [-0.2, -0.15) is 0 Å². The SMILES string of the molecule is CC(C)=CCC/C(C)=C/CC/C(C)=C/Cc1ccc(C(=O)O)c(O)c1. The maximum atomic E-state index is 10.9. The van der Waals surface area contributed by atoms with Crippen LogP contribution >= 0.6 is 0 Å². The fraction of sp³-hybridized carbons (Fsp3) is 0.409. The van der Waals surface area contributed by atoms with Crippen LogP contribution in [0.5, 0.6) is 5.75 Å². The average molecular weight is 342 g/mol. The van der Waals surface area contributed by atoms with E-state index in [1.807, 2.05) is 0 Å². The smallest absolute Gasteiger partial charge is 0.339 e. The topological polar surface area (TPSA) is 57.5 Å². The Morgan fingerprint density at radius 2 is 1.56 bits per heavy atom. The zero-order valence-electron chi connectivity index (χ0n) is 15.8. The van der Waals surface area contributed by atoms with E-state index in [1.165, 1.54) is 28.9 Å². The molecule has 0 aliphatic carbocycles. The number of hydrogen-bond acceptors (Lipinski definition) is 2. The fourth-order valence-electron chi connectivity index (χ4n) is 2.52. The van der Waals surface area contributed by atoms with Gasteiger partial charge < -0.3 is 10.2 Å². The Morgan fingerprint density at radius 3 is 2.12 bits per heavy atom. The van der Waals surface area contributed by atoms with E-state index in [0.29, 0.717) is 6.42 Å². The summed E-state index contributed by atoms with van der Waals surface area (Å²) in [6, 6.07) is 4.73. The van der Waals surface area contributed by atoms with Crippen LogP contribution in [0.15, 0.2) is 53.1 Å². The summed E-state index contributed by atoms with van der Waals surface area (Å²) in [6.45, 7) is 8.55. The van der Waals surface area contributed by atoms with Crippen LogP contribution in [0, 0.1) is 0 Å². The first-order chi connectivity index (χ1) is 11.8. The van der Waals surface area contributed by atoms with Crippen LogP contribution in [0.3, 0.4) is 0 Å². The predicted molar refractivity (Wildman–Crippen MR) is 104 cm³/mol. The van der Waals surface area contributed by atoms with Crippen LogP contribution in [0.25, 0.3) is 0 Å². The highest BCUT2D eigenvalue weighted by Crippen LogP contribution is 2.20. The Labute approximate surface area is 151 Å². The number of carbonyl (C=O) groups is 1. The standard InChI is InChI=1S/C22H30O3/c1-16(2)7-5-8-17(3)9-6-10-18(4)11-12-19-13-14-20(22(24)25)21(23)15-19/h7,9,11,13-15,23H,5-6,8,10,12H2,1-4H3,(H,24,25)/b17-9+,18-11+. The van der Waals surface area contributed by atoms with E-state index >= 15 is 0 Å². The van der Waals surface area contributed by atoms with Crippen molar-refractivity contribution >= 4 is 5.97 Å². The highest BCUT2D eigenvalue weighted by molar-refractivity contribution is 5.90. The second-order valence-electron chi connectivity index (χ2n) is 6.82. The molecule has 1 rings (SSSR count). The minimum atomic E-state index is -1.11.